The number of ether oxygens (including phenoxy) is 1. The Morgan fingerprint density at radius 3 is 2.55 bits per heavy atom. The van der Waals surface area contributed by atoms with Gasteiger partial charge in [-0.05, 0) is 55.8 Å². The molecule has 2 aromatic carbocycles. The molecule has 0 aliphatic carbocycles. The number of nitrogens with one attached hydrogen (secondary N) is 2. The number of aromatic nitrogens is 2. The van der Waals surface area contributed by atoms with Crippen molar-refractivity contribution in [2.75, 3.05) is 43.2 Å². The second-order valence-corrected chi connectivity index (χ2v) is 12.1. The summed E-state index contributed by atoms with van der Waals surface area (Å²) >= 11 is 0. The molecule has 1 aromatic heterocycles. The summed E-state index contributed by atoms with van der Waals surface area (Å²) in [7, 11) is -2.98. The molecule has 1 aliphatic rings. The Labute approximate surface area is 244 Å². The number of benzene rings is 2. The third-order valence-electron chi connectivity index (χ3n) is 6.54. The molecule has 4 rings (SSSR count). The number of likely N-dealkylation sites (tertiary alicyclic amines) is 1. The highest BCUT2D eigenvalue weighted by molar-refractivity contribution is 7.93. The van der Waals surface area contributed by atoms with Crippen molar-refractivity contribution in [3.05, 3.63) is 60.3 Å². The van der Waals surface area contributed by atoms with E-state index in [1.807, 2.05) is 6.07 Å². The van der Waals surface area contributed by atoms with Crippen LogP contribution in [-0.4, -0.2) is 80.6 Å². The van der Waals surface area contributed by atoms with Crippen molar-refractivity contribution < 1.29 is 28.4 Å². The molecule has 1 fully saturated rings. The SMILES string of the molecule is CCOC(=O)N=S(C)(=O)c1ccc(Nc2ncc(-c3cccc(C(=O)N4CCC(=O)CC4)c3)c(N[C@H](C)CO)n2)cc1. The Balaban J connectivity index is 1.58. The van der Waals surface area contributed by atoms with Gasteiger partial charge in [0.15, 0.2) is 0 Å². The average molecular weight is 595 g/mol. The van der Waals surface area contributed by atoms with Gasteiger partial charge in [0.2, 0.25) is 5.95 Å². The smallest absolute Gasteiger partial charge is 0.442 e. The third-order valence-corrected chi connectivity index (χ3v) is 8.18. The first-order valence-corrected chi connectivity index (χ1v) is 15.4. The van der Waals surface area contributed by atoms with Crippen LogP contribution in [0.25, 0.3) is 11.1 Å². The van der Waals surface area contributed by atoms with E-state index < -0.39 is 15.8 Å². The maximum Gasteiger partial charge on any atom is 0.442 e. The fourth-order valence-electron chi connectivity index (χ4n) is 4.27. The zero-order valence-corrected chi connectivity index (χ0v) is 24.5. The van der Waals surface area contributed by atoms with E-state index in [1.54, 1.807) is 67.4 Å². The lowest BCUT2D eigenvalue weighted by Gasteiger charge is -2.26. The van der Waals surface area contributed by atoms with Crippen molar-refractivity contribution in [2.45, 2.75) is 37.6 Å². The van der Waals surface area contributed by atoms with E-state index >= 15 is 0 Å². The van der Waals surface area contributed by atoms with Gasteiger partial charge in [0.05, 0.1) is 22.9 Å². The first kappa shape index (κ1) is 30.6. The summed E-state index contributed by atoms with van der Waals surface area (Å²) in [6.45, 7) is 4.26. The number of aliphatic hydroxyl groups excluding tert-OH is 1. The number of amides is 2. The summed E-state index contributed by atoms with van der Waals surface area (Å²) in [6, 6.07) is 13.3. The van der Waals surface area contributed by atoms with Gasteiger partial charge in [-0.25, -0.2) is 14.0 Å². The summed E-state index contributed by atoms with van der Waals surface area (Å²) in [5.41, 5.74) is 2.44. The van der Waals surface area contributed by atoms with Crippen LogP contribution in [0.1, 0.15) is 37.0 Å². The molecule has 12 nitrogen and oxygen atoms in total. The standard InChI is InChI=1S/C29H34N6O6S/c1-4-41-29(39)34-42(3,40)24-10-8-22(9-11-24)32-28-30-17-25(26(33-28)31-19(2)18-36)20-6-5-7-21(16-20)27(38)35-14-12-23(37)13-15-35/h5-11,16-17,19,36H,4,12-15,18H2,1-3H3,(H2,30,31,32,33)/t19-,42?/m1/s1. The van der Waals surface area contributed by atoms with E-state index in [-0.39, 0.29) is 36.9 Å². The van der Waals surface area contributed by atoms with E-state index in [2.05, 4.69) is 25.0 Å². The Morgan fingerprint density at radius 2 is 1.88 bits per heavy atom. The normalized spacial score (nSPS) is 15.3. The number of ketones is 1. The summed E-state index contributed by atoms with van der Waals surface area (Å²) in [4.78, 5) is 47.5. The van der Waals surface area contributed by atoms with Crippen LogP contribution in [-0.2, 0) is 19.3 Å². The molecular weight excluding hydrogens is 560 g/mol. The number of hydrogen-bond acceptors (Lipinski definition) is 10. The Morgan fingerprint density at radius 1 is 1.17 bits per heavy atom. The van der Waals surface area contributed by atoms with Gasteiger partial charge in [-0.15, -0.1) is 4.36 Å². The summed E-state index contributed by atoms with van der Waals surface area (Å²) in [5.74, 6) is 0.732. The zero-order valence-electron chi connectivity index (χ0n) is 23.7. The van der Waals surface area contributed by atoms with Gasteiger partial charge in [-0.3, -0.25) is 9.59 Å². The molecule has 0 bridgehead atoms. The largest absolute Gasteiger partial charge is 0.448 e. The molecule has 2 atom stereocenters. The Bertz CT molecular complexity index is 1580. The van der Waals surface area contributed by atoms with Gasteiger partial charge >= 0.3 is 6.09 Å². The number of carbonyl (C=O) groups is 3. The molecule has 0 saturated carbocycles. The van der Waals surface area contributed by atoms with Crippen LogP contribution >= 0.6 is 0 Å². The Kier molecular flexibility index (Phi) is 9.86. The van der Waals surface area contributed by atoms with E-state index in [1.165, 1.54) is 6.26 Å². The predicted molar refractivity (Wildman–Crippen MR) is 159 cm³/mol. The van der Waals surface area contributed by atoms with E-state index in [9.17, 15) is 23.7 Å². The zero-order chi connectivity index (χ0) is 30.3. The molecule has 42 heavy (non-hydrogen) atoms. The molecule has 0 radical (unpaired) electrons. The lowest BCUT2D eigenvalue weighted by Crippen LogP contribution is -2.38. The number of rotatable bonds is 9. The summed E-state index contributed by atoms with van der Waals surface area (Å²) in [5, 5.41) is 16.0. The number of carbonyl (C=O) groups excluding carboxylic acids is 3. The van der Waals surface area contributed by atoms with Crippen LogP contribution < -0.4 is 10.6 Å². The first-order chi connectivity index (χ1) is 20.1. The van der Waals surface area contributed by atoms with E-state index in [4.69, 9.17) is 4.74 Å². The van der Waals surface area contributed by atoms with Gasteiger partial charge < -0.3 is 25.4 Å². The predicted octanol–water partition coefficient (Wildman–Crippen LogP) is 4.10. The van der Waals surface area contributed by atoms with Crippen molar-refractivity contribution in [1.82, 2.24) is 14.9 Å². The van der Waals surface area contributed by atoms with Crippen LogP contribution in [0.15, 0.2) is 64.0 Å². The van der Waals surface area contributed by atoms with Gasteiger partial charge in [-0.2, -0.15) is 4.98 Å². The van der Waals surface area contributed by atoms with Crippen LogP contribution in [0.4, 0.5) is 22.2 Å². The molecule has 3 aromatic rings. The number of anilines is 3. The highest BCUT2D eigenvalue weighted by Crippen LogP contribution is 2.29. The topological polar surface area (TPSA) is 163 Å². The second-order valence-electron chi connectivity index (χ2n) is 9.84. The molecule has 2 amide bonds. The number of aliphatic hydroxyl groups is 1. The number of hydrogen-bond donors (Lipinski definition) is 3. The van der Waals surface area contributed by atoms with Gasteiger partial charge in [0, 0.05) is 66.1 Å². The van der Waals surface area contributed by atoms with Gasteiger partial charge in [0.1, 0.15) is 11.6 Å². The number of piperidine rings is 1. The molecule has 2 heterocycles. The quantitative estimate of drug-likeness (QED) is 0.329. The van der Waals surface area contributed by atoms with Crippen molar-refractivity contribution in [3.63, 3.8) is 0 Å². The van der Waals surface area contributed by atoms with Crippen LogP contribution in [0.5, 0.6) is 0 Å². The van der Waals surface area contributed by atoms with Crippen molar-refractivity contribution in [1.29, 1.82) is 0 Å². The molecule has 1 unspecified atom stereocenters. The third kappa shape index (κ3) is 7.68. The van der Waals surface area contributed by atoms with E-state index in [0.29, 0.717) is 59.0 Å². The average Bonchev–Trinajstić information content (AvgIpc) is 2.97. The fraction of sp³-hybridized carbons (Fsp3) is 0.345. The van der Waals surface area contributed by atoms with Crippen LogP contribution in [0.2, 0.25) is 0 Å². The maximum absolute atomic E-state index is 13.1. The van der Waals surface area contributed by atoms with Crippen LogP contribution in [0, 0.1) is 0 Å². The lowest BCUT2D eigenvalue weighted by molar-refractivity contribution is -0.120. The minimum atomic E-state index is -2.98. The lowest BCUT2D eigenvalue weighted by atomic mass is 10.0. The fourth-order valence-corrected chi connectivity index (χ4v) is 5.35. The highest BCUT2D eigenvalue weighted by Gasteiger charge is 2.22. The van der Waals surface area contributed by atoms with Crippen LogP contribution in [0.3, 0.4) is 0 Å². The molecule has 1 saturated heterocycles. The number of Topliss-reactive ketones (excluding diaryl/α,β-unsaturated/α-hetero) is 1. The molecule has 0 spiro atoms. The monoisotopic (exact) mass is 594 g/mol. The molecule has 3 N–H and O–H groups in total. The number of nitrogens with zero attached hydrogens (tertiary/aromatic N) is 4. The minimum Gasteiger partial charge on any atom is -0.448 e. The van der Waals surface area contributed by atoms with Crippen molar-refractivity contribution >= 4 is 45.0 Å². The molecule has 1 aliphatic heterocycles. The molecule has 222 valence electrons. The Hall–Kier alpha value is -4.36. The second kappa shape index (κ2) is 13.5. The van der Waals surface area contributed by atoms with E-state index in [0.717, 1.165) is 0 Å². The minimum absolute atomic E-state index is 0.132. The maximum atomic E-state index is 13.1. The van der Waals surface area contributed by atoms with Crippen molar-refractivity contribution in [3.8, 4) is 11.1 Å². The first-order valence-electron chi connectivity index (χ1n) is 13.5. The van der Waals surface area contributed by atoms with Gasteiger partial charge in [-0.1, -0.05) is 12.1 Å². The molecular formula is C29H34N6O6S. The molecule has 13 heteroatoms. The highest BCUT2D eigenvalue weighted by atomic mass is 32.2. The van der Waals surface area contributed by atoms with Crippen molar-refractivity contribution in [2.24, 2.45) is 4.36 Å². The summed E-state index contributed by atoms with van der Waals surface area (Å²) < 4.78 is 21.3. The summed E-state index contributed by atoms with van der Waals surface area (Å²) in [6.07, 6.45) is 2.84. The van der Waals surface area contributed by atoms with Gasteiger partial charge in [0.25, 0.3) is 5.91 Å².